The maximum absolute atomic E-state index is 11.5. The maximum Gasteiger partial charge on any atom is 0.150 e. The van der Waals surface area contributed by atoms with Gasteiger partial charge in [-0.25, -0.2) is 8.42 Å². The van der Waals surface area contributed by atoms with Gasteiger partial charge in [-0.15, -0.1) is 0 Å². The molecule has 1 aliphatic rings. The Balaban J connectivity index is 2.02. The first-order valence-corrected chi connectivity index (χ1v) is 8.76. The van der Waals surface area contributed by atoms with E-state index in [-0.39, 0.29) is 12.0 Å². The minimum absolute atomic E-state index is 0.215. The SMILES string of the molecule is CCCNC(CC1CCS(=O)(=O)C1)c1cccnc1. The highest BCUT2D eigenvalue weighted by Crippen LogP contribution is 2.28. The van der Waals surface area contributed by atoms with Crippen LogP contribution in [0.1, 0.15) is 37.8 Å². The van der Waals surface area contributed by atoms with Crippen molar-refractivity contribution in [3.8, 4) is 0 Å². The molecule has 0 radical (unpaired) electrons. The Morgan fingerprint density at radius 3 is 2.95 bits per heavy atom. The largest absolute Gasteiger partial charge is 0.310 e. The highest BCUT2D eigenvalue weighted by atomic mass is 32.2. The van der Waals surface area contributed by atoms with Crippen molar-refractivity contribution in [3.05, 3.63) is 30.1 Å². The summed E-state index contributed by atoms with van der Waals surface area (Å²) in [5, 5.41) is 3.51. The number of nitrogens with zero attached hydrogens (tertiary/aromatic N) is 1. The lowest BCUT2D eigenvalue weighted by atomic mass is 9.95. The molecule has 0 spiro atoms. The van der Waals surface area contributed by atoms with Crippen molar-refractivity contribution in [2.75, 3.05) is 18.1 Å². The molecule has 1 N–H and O–H groups in total. The summed E-state index contributed by atoms with van der Waals surface area (Å²) in [5.41, 5.74) is 1.15. The second-order valence-electron chi connectivity index (χ2n) is 5.30. The minimum atomic E-state index is -2.79. The van der Waals surface area contributed by atoms with E-state index in [0.717, 1.165) is 31.4 Å². The molecular weight excluding hydrogens is 260 g/mol. The molecule has 2 rings (SSSR count). The highest BCUT2D eigenvalue weighted by Gasteiger charge is 2.30. The smallest absolute Gasteiger partial charge is 0.150 e. The van der Waals surface area contributed by atoms with Crippen molar-refractivity contribution in [1.29, 1.82) is 0 Å². The molecule has 4 nitrogen and oxygen atoms in total. The Morgan fingerprint density at radius 1 is 1.53 bits per heavy atom. The third-order valence-corrected chi connectivity index (χ3v) is 5.46. The maximum atomic E-state index is 11.5. The van der Waals surface area contributed by atoms with Crippen LogP contribution in [-0.2, 0) is 9.84 Å². The van der Waals surface area contributed by atoms with E-state index < -0.39 is 9.84 Å². The molecule has 19 heavy (non-hydrogen) atoms. The summed E-state index contributed by atoms with van der Waals surface area (Å²) in [6, 6.07) is 4.21. The fourth-order valence-electron chi connectivity index (χ4n) is 2.63. The zero-order valence-corrected chi connectivity index (χ0v) is 12.2. The van der Waals surface area contributed by atoms with Crippen molar-refractivity contribution < 1.29 is 8.42 Å². The zero-order chi connectivity index (χ0) is 13.7. The van der Waals surface area contributed by atoms with Crippen LogP contribution in [-0.4, -0.2) is 31.5 Å². The molecule has 2 atom stereocenters. The van der Waals surface area contributed by atoms with Gasteiger partial charge in [0.2, 0.25) is 0 Å². The summed E-state index contributed by atoms with van der Waals surface area (Å²) in [4.78, 5) is 4.16. The topological polar surface area (TPSA) is 59.1 Å². The van der Waals surface area contributed by atoms with Crippen molar-refractivity contribution in [1.82, 2.24) is 10.3 Å². The van der Waals surface area contributed by atoms with Gasteiger partial charge in [0.15, 0.2) is 9.84 Å². The lowest BCUT2D eigenvalue weighted by Crippen LogP contribution is -2.25. The molecule has 0 aliphatic carbocycles. The van der Waals surface area contributed by atoms with Crippen molar-refractivity contribution in [2.45, 2.75) is 32.2 Å². The normalized spacial score (nSPS) is 23.3. The van der Waals surface area contributed by atoms with Gasteiger partial charge in [-0.3, -0.25) is 4.98 Å². The zero-order valence-electron chi connectivity index (χ0n) is 11.4. The lowest BCUT2D eigenvalue weighted by molar-refractivity contribution is 0.414. The number of sulfone groups is 1. The van der Waals surface area contributed by atoms with E-state index in [9.17, 15) is 8.42 Å². The van der Waals surface area contributed by atoms with E-state index in [0.29, 0.717) is 11.5 Å². The van der Waals surface area contributed by atoms with Gasteiger partial charge in [0.1, 0.15) is 0 Å². The summed E-state index contributed by atoms with van der Waals surface area (Å²) in [7, 11) is -2.79. The monoisotopic (exact) mass is 282 g/mol. The molecule has 0 bridgehead atoms. The molecular formula is C14H22N2O2S. The first-order valence-electron chi connectivity index (χ1n) is 6.94. The fraction of sp³-hybridized carbons (Fsp3) is 0.643. The van der Waals surface area contributed by atoms with Gasteiger partial charge in [0.05, 0.1) is 11.5 Å². The van der Waals surface area contributed by atoms with Gasteiger partial charge in [0, 0.05) is 18.4 Å². The fourth-order valence-corrected chi connectivity index (χ4v) is 4.51. The Hall–Kier alpha value is -0.940. The Labute approximate surface area is 115 Å². The second kappa shape index (κ2) is 6.48. The molecule has 106 valence electrons. The van der Waals surface area contributed by atoms with Gasteiger partial charge in [-0.1, -0.05) is 13.0 Å². The molecule has 0 saturated carbocycles. The molecule has 1 fully saturated rings. The first-order chi connectivity index (χ1) is 9.11. The Kier molecular flexibility index (Phi) is 4.93. The molecule has 1 aliphatic heterocycles. The standard InChI is InChI=1S/C14H22N2O2S/c1-2-6-16-14(13-4-3-7-15-10-13)9-12-5-8-19(17,18)11-12/h3-4,7,10,12,14,16H,2,5-6,8-9,11H2,1H3. The quantitative estimate of drug-likeness (QED) is 0.866. The van der Waals surface area contributed by atoms with Crippen molar-refractivity contribution >= 4 is 9.84 Å². The summed E-state index contributed by atoms with van der Waals surface area (Å²) in [5.74, 6) is 0.975. The summed E-state index contributed by atoms with van der Waals surface area (Å²) < 4.78 is 23.1. The van der Waals surface area contributed by atoms with Gasteiger partial charge in [0.25, 0.3) is 0 Å². The third kappa shape index (κ3) is 4.28. The third-order valence-electron chi connectivity index (χ3n) is 3.62. The van der Waals surface area contributed by atoms with Crippen LogP contribution >= 0.6 is 0 Å². The number of rotatable bonds is 6. The average molecular weight is 282 g/mol. The van der Waals surface area contributed by atoms with Crippen LogP contribution in [0.3, 0.4) is 0 Å². The average Bonchev–Trinajstić information content (AvgIpc) is 2.75. The Bertz CT molecular complexity index is 487. The predicted octanol–water partition coefficient (Wildman–Crippen LogP) is 1.95. The number of aromatic nitrogens is 1. The molecule has 2 heterocycles. The van der Waals surface area contributed by atoms with Crippen LogP contribution < -0.4 is 5.32 Å². The number of pyridine rings is 1. The molecule has 1 aromatic heterocycles. The molecule has 1 aromatic rings. The summed E-state index contributed by atoms with van der Waals surface area (Å²) in [6.07, 6.45) is 6.38. The molecule has 0 amide bonds. The van der Waals surface area contributed by atoms with Crippen LogP contribution in [0.15, 0.2) is 24.5 Å². The minimum Gasteiger partial charge on any atom is -0.310 e. The van der Waals surface area contributed by atoms with Crippen molar-refractivity contribution in [3.63, 3.8) is 0 Å². The summed E-state index contributed by atoms with van der Waals surface area (Å²) >= 11 is 0. The molecule has 1 saturated heterocycles. The second-order valence-corrected chi connectivity index (χ2v) is 7.53. The Morgan fingerprint density at radius 2 is 2.37 bits per heavy atom. The van der Waals surface area contributed by atoms with Crippen LogP contribution in [0.5, 0.6) is 0 Å². The van der Waals surface area contributed by atoms with E-state index in [1.807, 2.05) is 12.3 Å². The molecule has 5 heteroatoms. The van der Waals surface area contributed by atoms with E-state index in [1.165, 1.54) is 0 Å². The van der Waals surface area contributed by atoms with Crippen LogP contribution in [0.4, 0.5) is 0 Å². The number of hydrogen-bond acceptors (Lipinski definition) is 4. The number of hydrogen-bond donors (Lipinski definition) is 1. The van der Waals surface area contributed by atoms with Gasteiger partial charge >= 0.3 is 0 Å². The van der Waals surface area contributed by atoms with Gasteiger partial charge in [-0.05, 0) is 43.4 Å². The molecule has 2 unspecified atom stereocenters. The summed E-state index contributed by atoms with van der Waals surface area (Å²) in [6.45, 7) is 3.08. The van der Waals surface area contributed by atoms with E-state index in [2.05, 4.69) is 23.3 Å². The molecule has 0 aromatic carbocycles. The van der Waals surface area contributed by atoms with E-state index in [4.69, 9.17) is 0 Å². The van der Waals surface area contributed by atoms with E-state index >= 15 is 0 Å². The highest BCUT2D eigenvalue weighted by molar-refractivity contribution is 7.91. The van der Waals surface area contributed by atoms with Crippen LogP contribution in [0.2, 0.25) is 0 Å². The number of nitrogens with one attached hydrogen (secondary N) is 1. The lowest BCUT2D eigenvalue weighted by Gasteiger charge is -2.21. The van der Waals surface area contributed by atoms with Crippen molar-refractivity contribution in [2.24, 2.45) is 5.92 Å². The predicted molar refractivity (Wildman–Crippen MR) is 76.6 cm³/mol. The van der Waals surface area contributed by atoms with Gasteiger partial charge in [-0.2, -0.15) is 0 Å². The first kappa shape index (κ1) is 14.5. The van der Waals surface area contributed by atoms with E-state index in [1.54, 1.807) is 6.20 Å². The van der Waals surface area contributed by atoms with Gasteiger partial charge < -0.3 is 5.32 Å². The van der Waals surface area contributed by atoms with Crippen LogP contribution in [0, 0.1) is 5.92 Å². The van der Waals surface area contributed by atoms with Crippen LogP contribution in [0.25, 0.3) is 0 Å².